The predicted octanol–water partition coefficient (Wildman–Crippen LogP) is 1.33. The van der Waals surface area contributed by atoms with Crippen LogP contribution in [-0.4, -0.2) is 76.7 Å². The monoisotopic (exact) mass is 510 g/mol. The summed E-state index contributed by atoms with van der Waals surface area (Å²) in [5, 5.41) is 12.7. The number of nitrogens with one attached hydrogen (secondary N) is 1. The van der Waals surface area contributed by atoms with Crippen LogP contribution in [0.3, 0.4) is 0 Å². The second kappa shape index (κ2) is 8.64. The van der Waals surface area contributed by atoms with Crippen molar-refractivity contribution in [1.29, 1.82) is 0 Å². The van der Waals surface area contributed by atoms with Gasteiger partial charge in [-0.05, 0) is 44.5 Å². The largest absolute Gasteiger partial charge is 0.497 e. The van der Waals surface area contributed by atoms with Gasteiger partial charge in [-0.25, -0.2) is 0 Å². The molecule has 32 heavy (non-hydrogen) atoms. The number of methoxy groups -OCH3 is 1. The van der Waals surface area contributed by atoms with E-state index in [1.54, 1.807) is 45.2 Å². The van der Waals surface area contributed by atoms with E-state index in [9.17, 15) is 19.5 Å². The van der Waals surface area contributed by atoms with Crippen molar-refractivity contribution < 1.29 is 33.7 Å². The Bertz CT molecular complexity index is 910. The number of likely N-dealkylation sites (tertiary alicyclic amines) is 1. The van der Waals surface area contributed by atoms with E-state index in [0.717, 1.165) is 0 Å². The van der Waals surface area contributed by atoms with Crippen molar-refractivity contribution >= 4 is 39.4 Å². The molecule has 1 aromatic carbocycles. The first kappa shape index (κ1) is 23.0. The van der Waals surface area contributed by atoms with Gasteiger partial charge in [-0.1, -0.05) is 15.9 Å². The minimum atomic E-state index is -1.19. The Kier molecular flexibility index (Phi) is 6.21. The average Bonchev–Trinajstić information content (AvgIpc) is 3.37. The van der Waals surface area contributed by atoms with E-state index in [1.165, 1.54) is 4.90 Å². The van der Waals surface area contributed by atoms with Crippen molar-refractivity contribution in [2.45, 2.75) is 48.9 Å². The average molecular weight is 511 g/mol. The van der Waals surface area contributed by atoms with Gasteiger partial charge in [0, 0.05) is 10.5 Å². The summed E-state index contributed by atoms with van der Waals surface area (Å²) in [6, 6.07) is 5.19. The molecule has 10 heteroatoms. The zero-order valence-corrected chi connectivity index (χ0v) is 19.7. The molecule has 2 amide bonds. The molecule has 4 rings (SSSR count). The third kappa shape index (κ3) is 3.39. The zero-order chi connectivity index (χ0) is 23.2. The maximum absolute atomic E-state index is 13.6. The molecular formula is C22H27BrN2O7. The number of aliphatic hydroxyl groups is 1. The predicted molar refractivity (Wildman–Crippen MR) is 117 cm³/mol. The molecule has 0 aromatic heterocycles. The van der Waals surface area contributed by atoms with Crippen LogP contribution in [-0.2, 0) is 23.9 Å². The van der Waals surface area contributed by atoms with Crippen LogP contribution in [0.15, 0.2) is 24.3 Å². The maximum atomic E-state index is 13.6. The molecule has 3 unspecified atom stereocenters. The van der Waals surface area contributed by atoms with Gasteiger partial charge in [0.25, 0.3) is 0 Å². The number of anilines is 1. The first-order valence-electron chi connectivity index (χ1n) is 10.7. The lowest BCUT2D eigenvalue weighted by molar-refractivity contribution is -0.155. The Morgan fingerprint density at radius 2 is 2.06 bits per heavy atom. The summed E-state index contributed by atoms with van der Waals surface area (Å²) >= 11 is 3.58. The minimum absolute atomic E-state index is 0.182. The number of rotatable bonds is 7. The number of nitrogens with zero attached hydrogens (tertiary/aromatic N) is 1. The Morgan fingerprint density at radius 1 is 1.38 bits per heavy atom. The summed E-state index contributed by atoms with van der Waals surface area (Å²) < 4.78 is 16.7. The lowest BCUT2D eigenvalue weighted by atomic mass is 9.70. The number of carbonyl (C=O) groups excluding carboxylic acids is 3. The Balaban J connectivity index is 1.71. The van der Waals surface area contributed by atoms with Gasteiger partial charge in [0.15, 0.2) is 0 Å². The Morgan fingerprint density at radius 3 is 2.66 bits per heavy atom. The lowest BCUT2D eigenvalue weighted by Crippen LogP contribution is -2.56. The number of fused-ring (bicyclic) bond motifs is 1. The molecule has 0 saturated carbocycles. The fourth-order valence-electron chi connectivity index (χ4n) is 5.32. The molecule has 3 fully saturated rings. The number of carbonyl (C=O) groups is 3. The standard InChI is InChI=1S/C22H27BrN2O7/c1-4-31-21(29)15-16-20(28)25(11(2)10-26)18(22(16)9-14(23)17(15)32-22)19(27)24-12-5-7-13(30-3)8-6-12/h5-8,11,14-18,26H,4,9-10H2,1-3H3,(H,24,27)/t11-,14?,15+,16+,17+,18?,22?/m1/s1. The van der Waals surface area contributed by atoms with Crippen LogP contribution in [0.2, 0.25) is 0 Å². The van der Waals surface area contributed by atoms with E-state index in [0.29, 0.717) is 17.9 Å². The quantitative estimate of drug-likeness (QED) is 0.420. The van der Waals surface area contributed by atoms with Gasteiger partial charge in [-0.3, -0.25) is 14.4 Å². The number of aliphatic hydroxyl groups excluding tert-OH is 1. The van der Waals surface area contributed by atoms with E-state index < -0.39 is 47.5 Å². The van der Waals surface area contributed by atoms with E-state index >= 15 is 0 Å². The third-order valence-electron chi connectivity index (χ3n) is 6.63. The van der Waals surface area contributed by atoms with Crippen LogP contribution in [0.5, 0.6) is 5.75 Å². The minimum Gasteiger partial charge on any atom is -0.497 e. The zero-order valence-electron chi connectivity index (χ0n) is 18.1. The topological polar surface area (TPSA) is 114 Å². The van der Waals surface area contributed by atoms with Gasteiger partial charge in [-0.2, -0.15) is 0 Å². The van der Waals surface area contributed by atoms with Gasteiger partial charge < -0.3 is 29.5 Å². The van der Waals surface area contributed by atoms with Crippen LogP contribution in [0.4, 0.5) is 5.69 Å². The first-order valence-corrected chi connectivity index (χ1v) is 11.6. The van der Waals surface area contributed by atoms with E-state index in [2.05, 4.69) is 21.2 Å². The van der Waals surface area contributed by atoms with Crippen molar-refractivity contribution in [3.63, 3.8) is 0 Å². The molecule has 2 bridgehead atoms. The number of esters is 1. The maximum Gasteiger partial charge on any atom is 0.312 e. The normalized spacial score (nSPS) is 33.7. The smallest absolute Gasteiger partial charge is 0.312 e. The molecule has 3 aliphatic heterocycles. The molecule has 0 aliphatic carbocycles. The molecule has 3 heterocycles. The number of hydrogen-bond acceptors (Lipinski definition) is 7. The van der Waals surface area contributed by atoms with Crippen LogP contribution in [0, 0.1) is 11.8 Å². The fourth-order valence-corrected chi connectivity index (χ4v) is 6.26. The number of ether oxygens (including phenoxy) is 3. The molecule has 3 saturated heterocycles. The summed E-state index contributed by atoms with van der Waals surface area (Å²) in [5.74, 6) is -2.33. The second-order valence-corrected chi connectivity index (χ2v) is 9.59. The fraction of sp³-hybridized carbons (Fsp3) is 0.591. The van der Waals surface area contributed by atoms with Crippen molar-refractivity contribution in [2.75, 3.05) is 25.6 Å². The summed E-state index contributed by atoms with van der Waals surface area (Å²) in [7, 11) is 1.55. The first-order chi connectivity index (χ1) is 15.3. The summed E-state index contributed by atoms with van der Waals surface area (Å²) in [6.45, 7) is 3.23. The molecule has 7 atom stereocenters. The Labute approximate surface area is 194 Å². The SMILES string of the molecule is CCOC(=O)[C@H]1[C@H]2C(=O)N([C@H](C)CO)C(C(=O)Nc3ccc(OC)cc3)C23CC(Br)[C@@H]1O3. The van der Waals surface area contributed by atoms with Crippen LogP contribution < -0.4 is 10.1 Å². The Hall–Kier alpha value is -2.17. The van der Waals surface area contributed by atoms with Crippen LogP contribution >= 0.6 is 15.9 Å². The molecule has 0 radical (unpaired) electrons. The number of hydrogen-bond donors (Lipinski definition) is 2. The summed E-state index contributed by atoms with van der Waals surface area (Å²) in [5.41, 5.74) is -0.655. The van der Waals surface area contributed by atoms with Crippen LogP contribution in [0.1, 0.15) is 20.3 Å². The van der Waals surface area contributed by atoms with Gasteiger partial charge in [0.2, 0.25) is 11.8 Å². The highest BCUT2D eigenvalue weighted by molar-refractivity contribution is 9.09. The second-order valence-electron chi connectivity index (χ2n) is 8.41. The van der Waals surface area contributed by atoms with Gasteiger partial charge in [0.1, 0.15) is 17.4 Å². The number of halogens is 1. The van der Waals surface area contributed by atoms with Crippen molar-refractivity contribution in [3.05, 3.63) is 24.3 Å². The summed E-state index contributed by atoms with van der Waals surface area (Å²) in [4.78, 5) is 41.1. The number of amides is 2. The highest BCUT2D eigenvalue weighted by Gasteiger charge is 2.77. The van der Waals surface area contributed by atoms with Gasteiger partial charge in [-0.15, -0.1) is 0 Å². The van der Waals surface area contributed by atoms with Crippen LogP contribution in [0.25, 0.3) is 0 Å². The van der Waals surface area contributed by atoms with E-state index in [4.69, 9.17) is 14.2 Å². The third-order valence-corrected chi connectivity index (χ3v) is 7.48. The van der Waals surface area contributed by atoms with Gasteiger partial charge >= 0.3 is 5.97 Å². The molecule has 9 nitrogen and oxygen atoms in total. The lowest BCUT2D eigenvalue weighted by Gasteiger charge is -2.35. The molecule has 2 N–H and O–H groups in total. The molecule has 3 aliphatic rings. The van der Waals surface area contributed by atoms with Crippen molar-refractivity contribution in [1.82, 2.24) is 4.90 Å². The molecule has 1 aromatic rings. The van der Waals surface area contributed by atoms with E-state index in [-0.39, 0.29) is 23.9 Å². The highest BCUT2D eigenvalue weighted by Crippen LogP contribution is 2.60. The van der Waals surface area contributed by atoms with Crippen molar-refractivity contribution in [2.24, 2.45) is 11.8 Å². The summed E-state index contributed by atoms with van der Waals surface area (Å²) in [6.07, 6.45) is -0.176. The number of benzene rings is 1. The number of alkyl halides is 1. The molecular weight excluding hydrogens is 484 g/mol. The van der Waals surface area contributed by atoms with E-state index in [1.807, 2.05) is 0 Å². The molecule has 174 valence electrons. The molecule has 1 spiro atoms. The van der Waals surface area contributed by atoms with Crippen molar-refractivity contribution in [3.8, 4) is 5.75 Å². The highest BCUT2D eigenvalue weighted by atomic mass is 79.9. The van der Waals surface area contributed by atoms with Gasteiger partial charge in [0.05, 0.1) is 44.3 Å².